The van der Waals surface area contributed by atoms with E-state index in [4.69, 9.17) is 19.6 Å². The maximum absolute atomic E-state index is 12.4. The van der Waals surface area contributed by atoms with Crippen molar-refractivity contribution >= 4 is 23.8 Å². The third-order valence-electron chi connectivity index (χ3n) is 7.22. The first-order valence-electron chi connectivity index (χ1n) is 13.7. The number of alkyl carbamates (subject to hydrolysis) is 1. The van der Waals surface area contributed by atoms with Gasteiger partial charge in [0, 0.05) is 5.56 Å². The molecule has 0 aromatic heterocycles. The van der Waals surface area contributed by atoms with Gasteiger partial charge in [0.15, 0.2) is 0 Å². The van der Waals surface area contributed by atoms with Crippen molar-refractivity contribution in [2.24, 2.45) is 11.8 Å². The minimum Gasteiger partial charge on any atom is -0.491 e. The summed E-state index contributed by atoms with van der Waals surface area (Å²) in [5.41, 5.74) is 2.50. The highest BCUT2D eigenvalue weighted by Gasteiger charge is 2.34. The van der Waals surface area contributed by atoms with Gasteiger partial charge in [-0.3, -0.25) is 20.3 Å². The Balaban J connectivity index is 1.20. The average molecular weight is 536 g/mol. The molecule has 9 heteroatoms. The number of nitrogens with one attached hydrogen (secondary N) is 3. The Morgan fingerprint density at radius 1 is 0.949 bits per heavy atom. The fraction of sp³-hybridized carbons (Fsp3) is 0.467. The van der Waals surface area contributed by atoms with E-state index in [2.05, 4.69) is 10.6 Å². The van der Waals surface area contributed by atoms with Gasteiger partial charge in [0.05, 0.1) is 31.6 Å². The third-order valence-corrected chi connectivity index (χ3v) is 7.22. The minimum absolute atomic E-state index is 0.0265. The maximum Gasteiger partial charge on any atom is 0.412 e. The molecule has 4 rings (SSSR count). The van der Waals surface area contributed by atoms with Gasteiger partial charge in [-0.2, -0.15) is 0 Å². The van der Waals surface area contributed by atoms with E-state index in [1.165, 1.54) is 19.3 Å². The summed E-state index contributed by atoms with van der Waals surface area (Å²) in [7, 11) is 0. The molecule has 0 spiro atoms. The molecule has 2 aliphatic rings. The van der Waals surface area contributed by atoms with Gasteiger partial charge in [-0.1, -0.05) is 55.7 Å². The Bertz CT molecular complexity index is 1140. The van der Waals surface area contributed by atoms with Crippen LogP contribution >= 0.6 is 0 Å². The monoisotopic (exact) mass is 535 g/mol. The highest BCUT2D eigenvalue weighted by Crippen LogP contribution is 2.26. The van der Waals surface area contributed by atoms with Crippen molar-refractivity contribution < 1.29 is 28.6 Å². The number of carbonyl (C=O) groups is 3. The molecule has 208 valence electrons. The number of hydrogen-bond donors (Lipinski definition) is 3. The van der Waals surface area contributed by atoms with Crippen LogP contribution < -0.4 is 15.4 Å². The summed E-state index contributed by atoms with van der Waals surface area (Å²) in [5.74, 6) is 0.320. The molecule has 2 fully saturated rings. The zero-order chi connectivity index (χ0) is 27.6. The molecule has 3 N–H and O–H groups in total. The molecule has 2 amide bonds. The fourth-order valence-corrected chi connectivity index (χ4v) is 5.05. The van der Waals surface area contributed by atoms with Crippen molar-refractivity contribution in [2.75, 3.05) is 19.8 Å². The largest absolute Gasteiger partial charge is 0.491 e. The number of esters is 1. The molecule has 1 saturated heterocycles. The summed E-state index contributed by atoms with van der Waals surface area (Å²) >= 11 is 0. The van der Waals surface area contributed by atoms with Gasteiger partial charge in [0.1, 0.15) is 18.2 Å². The van der Waals surface area contributed by atoms with Crippen LogP contribution in [0.4, 0.5) is 4.79 Å². The second-order valence-corrected chi connectivity index (χ2v) is 10.2. The third kappa shape index (κ3) is 8.30. The summed E-state index contributed by atoms with van der Waals surface area (Å²) in [4.78, 5) is 36.2. The van der Waals surface area contributed by atoms with Crippen molar-refractivity contribution in [3.8, 4) is 16.9 Å². The van der Waals surface area contributed by atoms with Crippen LogP contribution in [-0.2, 0) is 19.1 Å². The quantitative estimate of drug-likeness (QED) is 0.227. The van der Waals surface area contributed by atoms with E-state index in [1.54, 1.807) is 19.1 Å². The molecular formula is C30H37N3O6. The van der Waals surface area contributed by atoms with Gasteiger partial charge in [0.25, 0.3) is 0 Å². The second-order valence-electron chi connectivity index (χ2n) is 10.2. The molecular weight excluding hydrogens is 498 g/mol. The summed E-state index contributed by atoms with van der Waals surface area (Å²) in [5, 5.41) is 13.3. The lowest BCUT2D eigenvalue weighted by molar-refractivity contribution is -0.147. The summed E-state index contributed by atoms with van der Waals surface area (Å²) < 4.78 is 16.2. The first kappa shape index (κ1) is 28.1. The van der Waals surface area contributed by atoms with Crippen molar-refractivity contribution in [1.29, 1.82) is 5.41 Å². The number of hydrogen-bond acceptors (Lipinski definition) is 7. The molecule has 39 heavy (non-hydrogen) atoms. The summed E-state index contributed by atoms with van der Waals surface area (Å²) in [6.07, 6.45) is 5.91. The number of rotatable bonds is 10. The topological polar surface area (TPSA) is 127 Å². The van der Waals surface area contributed by atoms with Crippen LogP contribution in [0, 0.1) is 17.2 Å². The second kappa shape index (κ2) is 13.8. The predicted octanol–water partition coefficient (Wildman–Crippen LogP) is 4.82. The Kier molecular flexibility index (Phi) is 9.94. The summed E-state index contributed by atoms with van der Waals surface area (Å²) in [6, 6.07) is 14.7. The van der Waals surface area contributed by atoms with Crippen LogP contribution in [0.3, 0.4) is 0 Å². The SMILES string of the molecule is CCOC(=O)NC(=N)c1ccc(-c2ccc(OC[C@@H]3C[C@@H](CC(=O)OCC4CCCCC4)C(=O)N3)cc2)cc1. The Morgan fingerprint density at radius 3 is 2.28 bits per heavy atom. The first-order chi connectivity index (χ1) is 18.9. The van der Waals surface area contributed by atoms with Gasteiger partial charge in [-0.05, 0) is 55.4 Å². The zero-order valence-electron chi connectivity index (χ0n) is 22.4. The zero-order valence-corrected chi connectivity index (χ0v) is 22.4. The van der Waals surface area contributed by atoms with E-state index in [9.17, 15) is 14.4 Å². The van der Waals surface area contributed by atoms with E-state index in [0.29, 0.717) is 36.9 Å². The maximum atomic E-state index is 12.4. The lowest BCUT2D eigenvalue weighted by atomic mass is 9.90. The first-order valence-corrected chi connectivity index (χ1v) is 13.7. The van der Waals surface area contributed by atoms with Crippen LogP contribution in [0.2, 0.25) is 0 Å². The van der Waals surface area contributed by atoms with E-state index in [0.717, 1.165) is 24.0 Å². The normalized spacial score (nSPS) is 19.2. The molecule has 1 aliphatic heterocycles. The molecule has 1 aliphatic carbocycles. The van der Waals surface area contributed by atoms with Crippen molar-refractivity contribution in [2.45, 2.75) is 57.9 Å². The molecule has 0 bridgehead atoms. The Hall–Kier alpha value is -3.88. The lowest BCUT2D eigenvalue weighted by Crippen LogP contribution is -2.31. The molecule has 0 unspecified atom stereocenters. The number of amides is 2. The molecule has 2 aromatic carbocycles. The summed E-state index contributed by atoms with van der Waals surface area (Å²) in [6.45, 7) is 2.74. The van der Waals surface area contributed by atoms with Crippen molar-refractivity contribution in [1.82, 2.24) is 10.6 Å². The number of ether oxygens (including phenoxy) is 3. The van der Waals surface area contributed by atoms with Crippen LogP contribution in [0.5, 0.6) is 5.75 Å². The molecule has 1 saturated carbocycles. The van der Waals surface area contributed by atoms with E-state index in [1.807, 2.05) is 36.4 Å². The highest BCUT2D eigenvalue weighted by molar-refractivity contribution is 6.04. The van der Waals surface area contributed by atoms with Gasteiger partial charge >= 0.3 is 12.1 Å². The Labute approximate surface area is 229 Å². The molecule has 9 nitrogen and oxygen atoms in total. The highest BCUT2D eigenvalue weighted by atomic mass is 16.5. The number of carbonyl (C=O) groups excluding carboxylic acids is 3. The van der Waals surface area contributed by atoms with Gasteiger partial charge in [-0.25, -0.2) is 4.79 Å². The predicted molar refractivity (Wildman–Crippen MR) is 147 cm³/mol. The fourth-order valence-electron chi connectivity index (χ4n) is 5.05. The van der Waals surface area contributed by atoms with Crippen molar-refractivity contribution in [3.05, 3.63) is 54.1 Å². The number of amidine groups is 1. The average Bonchev–Trinajstić information content (AvgIpc) is 3.30. The smallest absolute Gasteiger partial charge is 0.412 e. The van der Waals surface area contributed by atoms with Crippen LogP contribution in [0.1, 0.15) is 57.4 Å². The molecule has 1 heterocycles. The minimum atomic E-state index is -0.651. The molecule has 0 radical (unpaired) electrons. The van der Waals surface area contributed by atoms with E-state index >= 15 is 0 Å². The lowest BCUT2D eigenvalue weighted by Gasteiger charge is -2.21. The van der Waals surface area contributed by atoms with Crippen molar-refractivity contribution in [3.63, 3.8) is 0 Å². The van der Waals surface area contributed by atoms with Gasteiger partial charge in [0.2, 0.25) is 5.91 Å². The van der Waals surface area contributed by atoms with E-state index in [-0.39, 0.29) is 42.7 Å². The van der Waals surface area contributed by atoms with Gasteiger partial charge in [-0.15, -0.1) is 0 Å². The Morgan fingerprint density at radius 2 is 1.62 bits per heavy atom. The van der Waals surface area contributed by atoms with Crippen LogP contribution in [0.25, 0.3) is 11.1 Å². The number of benzene rings is 2. The molecule has 2 aromatic rings. The standard InChI is InChI=1S/C30H37N3O6/c1-2-37-30(36)33-28(31)23-10-8-21(9-11-23)22-12-14-26(15-13-22)38-19-25-16-24(29(35)32-25)17-27(34)39-18-20-6-4-3-5-7-20/h8-15,20,24-25H,2-7,16-19H2,1H3,(H,32,35)(H2,31,33,36)/t24-,25-/m0/s1. The molecule has 2 atom stereocenters. The van der Waals surface area contributed by atoms with Gasteiger partial charge < -0.3 is 19.5 Å². The van der Waals surface area contributed by atoms with Crippen LogP contribution in [0.15, 0.2) is 48.5 Å². The van der Waals surface area contributed by atoms with Crippen LogP contribution in [-0.4, -0.2) is 49.7 Å². The van der Waals surface area contributed by atoms with E-state index < -0.39 is 6.09 Å².